The van der Waals surface area contributed by atoms with E-state index in [0.717, 1.165) is 9.13 Å². The van der Waals surface area contributed by atoms with Crippen LogP contribution in [0.5, 0.6) is 5.75 Å². The van der Waals surface area contributed by atoms with Crippen LogP contribution in [0.15, 0.2) is 59.7 Å². The molecule has 20 heavy (non-hydrogen) atoms. The molecule has 2 rings (SSSR count). The Balaban J connectivity index is 1.78. The third kappa shape index (κ3) is 5.00. The third-order valence-electron chi connectivity index (χ3n) is 2.36. The van der Waals surface area contributed by atoms with Gasteiger partial charge in [-0.1, -0.05) is 30.3 Å². The highest BCUT2D eigenvalue weighted by molar-refractivity contribution is 14.1. The SMILES string of the molecule is O=C(COc1ccccc1)N/N=C\c1cccc(I)c1. The van der Waals surface area contributed by atoms with Crippen LogP contribution in [0.4, 0.5) is 0 Å². The second-order valence-corrected chi connectivity index (χ2v) is 5.20. The highest BCUT2D eigenvalue weighted by atomic mass is 127. The molecule has 4 nitrogen and oxygen atoms in total. The molecule has 1 N–H and O–H groups in total. The Bertz CT molecular complexity index is 600. The van der Waals surface area contributed by atoms with Crippen LogP contribution < -0.4 is 10.2 Å². The average Bonchev–Trinajstić information content (AvgIpc) is 2.46. The number of nitrogens with zero attached hydrogens (tertiary/aromatic N) is 1. The Labute approximate surface area is 131 Å². The van der Waals surface area contributed by atoms with E-state index in [0.29, 0.717) is 5.75 Å². The first-order valence-electron chi connectivity index (χ1n) is 5.99. The van der Waals surface area contributed by atoms with Crippen molar-refractivity contribution in [3.05, 3.63) is 63.7 Å². The number of halogens is 1. The lowest BCUT2D eigenvalue weighted by atomic mass is 10.2. The van der Waals surface area contributed by atoms with E-state index in [2.05, 4.69) is 33.1 Å². The van der Waals surface area contributed by atoms with E-state index in [1.54, 1.807) is 18.3 Å². The van der Waals surface area contributed by atoms with Crippen LogP contribution in [0, 0.1) is 3.57 Å². The van der Waals surface area contributed by atoms with Gasteiger partial charge >= 0.3 is 0 Å². The summed E-state index contributed by atoms with van der Waals surface area (Å²) < 4.78 is 6.42. The zero-order valence-corrected chi connectivity index (χ0v) is 12.8. The van der Waals surface area contributed by atoms with Gasteiger partial charge in [-0.15, -0.1) is 0 Å². The number of carbonyl (C=O) groups is 1. The van der Waals surface area contributed by atoms with Crippen molar-refractivity contribution in [1.29, 1.82) is 0 Å². The molecule has 0 aliphatic heterocycles. The van der Waals surface area contributed by atoms with Crippen molar-refractivity contribution in [2.75, 3.05) is 6.61 Å². The topological polar surface area (TPSA) is 50.7 Å². The van der Waals surface area contributed by atoms with Crippen molar-refractivity contribution < 1.29 is 9.53 Å². The van der Waals surface area contributed by atoms with Gasteiger partial charge in [0, 0.05) is 3.57 Å². The Morgan fingerprint density at radius 3 is 2.75 bits per heavy atom. The van der Waals surface area contributed by atoms with Crippen LogP contribution in [-0.4, -0.2) is 18.7 Å². The first kappa shape index (κ1) is 14.5. The number of ether oxygens (including phenoxy) is 1. The summed E-state index contributed by atoms with van der Waals surface area (Å²) in [4.78, 5) is 11.5. The molecule has 1 amide bonds. The van der Waals surface area contributed by atoms with E-state index in [1.807, 2.05) is 42.5 Å². The van der Waals surface area contributed by atoms with Crippen molar-refractivity contribution >= 4 is 34.7 Å². The molecule has 0 unspecified atom stereocenters. The van der Waals surface area contributed by atoms with Gasteiger partial charge in [-0.3, -0.25) is 4.79 Å². The van der Waals surface area contributed by atoms with Gasteiger partial charge in [-0.25, -0.2) is 5.43 Å². The Kier molecular flexibility index (Phi) is 5.55. The lowest BCUT2D eigenvalue weighted by Crippen LogP contribution is -2.24. The zero-order valence-electron chi connectivity index (χ0n) is 10.6. The molecule has 102 valence electrons. The number of nitrogens with one attached hydrogen (secondary N) is 1. The van der Waals surface area contributed by atoms with Gasteiger partial charge < -0.3 is 4.74 Å². The fraction of sp³-hybridized carbons (Fsp3) is 0.0667. The zero-order chi connectivity index (χ0) is 14.2. The fourth-order valence-electron chi connectivity index (χ4n) is 1.46. The van der Waals surface area contributed by atoms with Crippen molar-refractivity contribution in [3.8, 4) is 5.75 Å². The Morgan fingerprint density at radius 1 is 1.20 bits per heavy atom. The first-order chi connectivity index (χ1) is 9.74. The molecule has 0 heterocycles. The minimum absolute atomic E-state index is 0.0618. The molecule has 0 atom stereocenters. The maximum absolute atomic E-state index is 11.5. The molecule has 0 saturated carbocycles. The van der Waals surface area contributed by atoms with E-state index in [1.165, 1.54) is 0 Å². The normalized spacial score (nSPS) is 10.4. The lowest BCUT2D eigenvalue weighted by Gasteiger charge is -2.04. The molecule has 0 aliphatic rings. The van der Waals surface area contributed by atoms with Gasteiger partial charge in [-0.05, 0) is 52.4 Å². The highest BCUT2D eigenvalue weighted by Gasteiger charge is 2.00. The summed E-state index contributed by atoms with van der Waals surface area (Å²) in [7, 11) is 0. The first-order valence-corrected chi connectivity index (χ1v) is 7.07. The molecule has 5 heteroatoms. The summed E-state index contributed by atoms with van der Waals surface area (Å²) in [5, 5.41) is 3.89. The number of carbonyl (C=O) groups excluding carboxylic acids is 1. The number of benzene rings is 2. The predicted octanol–water partition coefficient (Wildman–Crippen LogP) is 2.82. The largest absolute Gasteiger partial charge is 0.484 e. The van der Waals surface area contributed by atoms with Crippen molar-refractivity contribution in [1.82, 2.24) is 5.43 Å². The van der Waals surface area contributed by atoms with Gasteiger partial charge in [-0.2, -0.15) is 5.10 Å². The Morgan fingerprint density at radius 2 is 2.00 bits per heavy atom. The third-order valence-corrected chi connectivity index (χ3v) is 3.04. The van der Waals surface area contributed by atoms with E-state index < -0.39 is 0 Å². The molecular formula is C15H13IN2O2. The van der Waals surface area contributed by atoms with E-state index >= 15 is 0 Å². The fourth-order valence-corrected chi connectivity index (χ4v) is 2.03. The van der Waals surface area contributed by atoms with Gasteiger partial charge in [0.1, 0.15) is 5.75 Å². The van der Waals surface area contributed by atoms with Crippen LogP contribution in [0.2, 0.25) is 0 Å². The summed E-state index contributed by atoms with van der Waals surface area (Å²) >= 11 is 2.22. The number of hydrogen-bond donors (Lipinski definition) is 1. The van der Waals surface area contributed by atoms with Crippen LogP contribution in [0.25, 0.3) is 0 Å². The molecule has 0 radical (unpaired) electrons. The number of amides is 1. The predicted molar refractivity (Wildman–Crippen MR) is 86.8 cm³/mol. The number of hydrazone groups is 1. The summed E-state index contributed by atoms with van der Waals surface area (Å²) in [6.07, 6.45) is 1.60. The van der Waals surface area contributed by atoms with Crippen LogP contribution >= 0.6 is 22.6 Å². The van der Waals surface area contributed by atoms with Crippen LogP contribution in [-0.2, 0) is 4.79 Å². The van der Waals surface area contributed by atoms with E-state index in [-0.39, 0.29) is 12.5 Å². The van der Waals surface area contributed by atoms with E-state index in [9.17, 15) is 4.79 Å². The van der Waals surface area contributed by atoms with Gasteiger partial charge in [0.25, 0.3) is 5.91 Å². The lowest BCUT2D eigenvalue weighted by molar-refractivity contribution is -0.123. The molecule has 0 fully saturated rings. The average molecular weight is 380 g/mol. The maximum Gasteiger partial charge on any atom is 0.277 e. The number of hydrogen-bond acceptors (Lipinski definition) is 3. The van der Waals surface area contributed by atoms with Crippen molar-refractivity contribution in [2.24, 2.45) is 5.10 Å². The standard InChI is InChI=1S/C15H13IN2O2/c16-13-6-4-5-12(9-13)10-17-18-15(19)11-20-14-7-2-1-3-8-14/h1-10H,11H2,(H,18,19)/b17-10-. The molecule has 0 aromatic heterocycles. The van der Waals surface area contributed by atoms with Crippen molar-refractivity contribution in [2.45, 2.75) is 0 Å². The molecule has 0 spiro atoms. The van der Waals surface area contributed by atoms with Crippen molar-refractivity contribution in [3.63, 3.8) is 0 Å². The molecular weight excluding hydrogens is 367 g/mol. The molecule has 0 aliphatic carbocycles. The number of para-hydroxylation sites is 1. The molecule has 0 saturated heterocycles. The van der Waals surface area contributed by atoms with E-state index in [4.69, 9.17) is 4.74 Å². The minimum atomic E-state index is -0.296. The summed E-state index contributed by atoms with van der Waals surface area (Å²) in [5.41, 5.74) is 3.36. The van der Waals surface area contributed by atoms with Gasteiger partial charge in [0.05, 0.1) is 6.21 Å². The monoisotopic (exact) mass is 380 g/mol. The van der Waals surface area contributed by atoms with Gasteiger partial charge in [0.2, 0.25) is 0 Å². The van der Waals surface area contributed by atoms with Gasteiger partial charge in [0.15, 0.2) is 6.61 Å². The Hall–Kier alpha value is -1.89. The van der Waals surface area contributed by atoms with Crippen LogP contribution in [0.1, 0.15) is 5.56 Å². The molecule has 2 aromatic carbocycles. The minimum Gasteiger partial charge on any atom is -0.484 e. The highest BCUT2D eigenvalue weighted by Crippen LogP contribution is 2.07. The maximum atomic E-state index is 11.5. The second-order valence-electron chi connectivity index (χ2n) is 3.95. The molecule has 2 aromatic rings. The quantitative estimate of drug-likeness (QED) is 0.493. The second kappa shape index (κ2) is 7.64. The summed E-state index contributed by atoms with van der Waals surface area (Å²) in [5.74, 6) is 0.361. The molecule has 0 bridgehead atoms. The van der Waals surface area contributed by atoms with Crippen LogP contribution in [0.3, 0.4) is 0 Å². The number of rotatable bonds is 5. The summed E-state index contributed by atoms with van der Waals surface area (Å²) in [6.45, 7) is -0.0618. The smallest absolute Gasteiger partial charge is 0.277 e. The summed E-state index contributed by atoms with van der Waals surface area (Å²) in [6, 6.07) is 17.0.